The number of methoxy groups -OCH3 is 1. The summed E-state index contributed by atoms with van der Waals surface area (Å²) in [5.74, 6) is 0.851. The average molecular weight is 167 g/mol. The predicted molar refractivity (Wildman–Crippen MR) is 47.1 cm³/mol. The van der Waals surface area contributed by atoms with Gasteiger partial charge >= 0.3 is 0 Å². The molecule has 0 fully saturated rings. The second-order valence-electron chi connectivity index (χ2n) is 2.51. The van der Waals surface area contributed by atoms with Crippen LogP contribution < -0.4 is 10.5 Å². The number of rotatable bonds is 2. The standard InChI is InChI=1S/C8H13N3O/c1-4-6-5(2)10-8(9)11-7(6)12-3/h4H2,1-3H3,(H2,9,10,11). The van der Waals surface area contributed by atoms with E-state index in [2.05, 4.69) is 9.97 Å². The topological polar surface area (TPSA) is 61.0 Å². The largest absolute Gasteiger partial charge is 0.481 e. The third-order valence-electron chi connectivity index (χ3n) is 1.74. The molecule has 0 saturated heterocycles. The summed E-state index contributed by atoms with van der Waals surface area (Å²) in [5, 5.41) is 0. The van der Waals surface area contributed by atoms with Gasteiger partial charge in [-0.2, -0.15) is 4.98 Å². The number of nitrogen functional groups attached to an aromatic ring is 1. The van der Waals surface area contributed by atoms with Gasteiger partial charge in [-0.25, -0.2) is 4.98 Å². The van der Waals surface area contributed by atoms with Crippen molar-refractivity contribution in [2.45, 2.75) is 20.3 Å². The van der Waals surface area contributed by atoms with Crippen LogP contribution in [0.1, 0.15) is 18.2 Å². The van der Waals surface area contributed by atoms with Crippen molar-refractivity contribution in [1.29, 1.82) is 0 Å². The van der Waals surface area contributed by atoms with Gasteiger partial charge in [-0.05, 0) is 13.3 Å². The highest BCUT2D eigenvalue weighted by Gasteiger charge is 2.07. The van der Waals surface area contributed by atoms with Gasteiger partial charge in [0.15, 0.2) is 0 Å². The van der Waals surface area contributed by atoms with Crippen molar-refractivity contribution in [3.8, 4) is 5.88 Å². The maximum atomic E-state index is 5.46. The Kier molecular flexibility index (Phi) is 2.47. The first-order valence-corrected chi connectivity index (χ1v) is 3.86. The first-order valence-electron chi connectivity index (χ1n) is 3.86. The normalized spacial score (nSPS) is 9.92. The molecule has 66 valence electrons. The summed E-state index contributed by atoms with van der Waals surface area (Å²) in [6.07, 6.45) is 0.856. The van der Waals surface area contributed by atoms with Crippen LogP contribution in [-0.4, -0.2) is 17.1 Å². The zero-order valence-corrected chi connectivity index (χ0v) is 7.59. The maximum Gasteiger partial charge on any atom is 0.223 e. The molecule has 0 saturated carbocycles. The molecule has 0 bridgehead atoms. The third kappa shape index (κ3) is 1.47. The number of aromatic nitrogens is 2. The molecule has 4 heteroatoms. The highest BCUT2D eigenvalue weighted by Crippen LogP contribution is 2.19. The molecular formula is C8H13N3O. The second kappa shape index (κ2) is 3.38. The van der Waals surface area contributed by atoms with E-state index in [4.69, 9.17) is 10.5 Å². The van der Waals surface area contributed by atoms with E-state index < -0.39 is 0 Å². The van der Waals surface area contributed by atoms with E-state index in [1.54, 1.807) is 7.11 Å². The maximum absolute atomic E-state index is 5.46. The Bertz CT molecular complexity index is 286. The van der Waals surface area contributed by atoms with Crippen LogP contribution in [0.5, 0.6) is 5.88 Å². The lowest BCUT2D eigenvalue weighted by molar-refractivity contribution is 0.392. The van der Waals surface area contributed by atoms with Crippen LogP contribution in [0.4, 0.5) is 5.95 Å². The van der Waals surface area contributed by atoms with Crippen LogP contribution in [0.25, 0.3) is 0 Å². The van der Waals surface area contributed by atoms with Crippen LogP contribution in [-0.2, 0) is 6.42 Å². The van der Waals surface area contributed by atoms with Crippen LogP contribution in [0.15, 0.2) is 0 Å². The number of nitrogens with zero attached hydrogens (tertiary/aromatic N) is 2. The molecule has 0 unspecified atom stereocenters. The SMILES string of the molecule is CCc1c(C)nc(N)nc1OC. The molecule has 0 aliphatic rings. The Balaban J connectivity index is 3.24. The summed E-state index contributed by atoms with van der Waals surface area (Å²) in [6.45, 7) is 3.93. The van der Waals surface area contributed by atoms with Crippen molar-refractivity contribution < 1.29 is 4.74 Å². The molecule has 4 nitrogen and oxygen atoms in total. The van der Waals surface area contributed by atoms with Gasteiger partial charge in [0.1, 0.15) is 0 Å². The van der Waals surface area contributed by atoms with E-state index in [1.807, 2.05) is 13.8 Å². The quantitative estimate of drug-likeness (QED) is 0.712. The Labute approximate surface area is 71.8 Å². The molecule has 0 atom stereocenters. The van der Waals surface area contributed by atoms with Crippen LogP contribution in [0.3, 0.4) is 0 Å². The number of ether oxygens (including phenoxy) is 1. The number of anilines is 1. The minimum Gasteiger partial charge on any atom is -0.481 e. The Morgan fingerprint density at radius 2 is 2.08 bits per heavy atom. The smallest absolute Gasteiger partial charge is 0.223 e. The van der Waals surface area contributed by atoms with Crippen molar-refractivity contribution in [3.63, 3.8) is 0 Å². The van der Waals surface area contributed by atoms with Gasteiger partial charge in [0.05, 0.1) is 7.11 Å². The summed E-state index contributed by atoms with van der Waals surface area (Å²) >= 11 is 0. The lowest BCUT2D eigenvalue weighted by atomic mass is 10.2. The summed E-state index contributed by atoms with van der Waals surface area (Å²) in [5.41, 5.74) is 7.37. The van der Waals surface area contributed by atoms with Crippen molar-refractivity contribution in [1.82, 2.24) is 9.97 Å². The van der Waals surface area contributed by atoms with Gasteiger partial charge in [0, 0.05) is 11.3 Å². The molecule has 1 heterocycles. The summed E-state index contributed by atoms with van der Waals surface area (Å²) in [7, 11) is 1.58. The number of aryl methyl sites for hydroxylation is 1. The third-order valence-corrected chi connectivity index (χ3v) is 1.74. The van der Waals surface area contributed by atoms with Gasteiger partial charge < -0.3 is 10.5 Å². The van der Waals surface area contributed by atoms with Crippen molar-refractivity contribution in [2.75, 3.05) is 12.8 Å². The summed E-state index contributed by atoms with van der Waals surface area (Å²) in [4.78, 5) is 8.01. The minimum absolute atomic E-state index is 0.265. The average Bonchev–Trinajstić information content (AvgIpc) is 2.03. The number of hydrogen-bond acceptors (Lipinski definition) is 4. The van der Waals surface area contributed by atoms with E-state index >= 15 is 0 Å². The van der Waals surface area contributed by atoms with Crippen LogP contribution >= 0.6 is 0 Å². The molecule has 0 amide bonds. The predicted octanol–water partition coefficient (Wildman–Crippen LogP) is 0.938. The van der Waals surface area contributed by atoms with E-state index in [0.717, 1.165) is 17.7 Å². The molecule has 0 aromatic carbocycles. The second-order valence-corrected chi connectivity index (χ2v) is 2.51. The Morgan fingerprint density at radius 1 is 1.42 bits per heavy atom. The Hall–Kier alpha value is -1.32. The molecule has 0 radical (unpaired) electrons. The highest BCUT2D eigenvalue weighted by molar-refractivity contribution is 5.35. The fourth-order valence-electron chi connectivity index (χ4n) is 1.17. The van der Waals surface area contributed by atoms with Crippen LogP contribution in [0.2, 0.25) is 0 Å². The van der Waals surface area contributed by atoms with Gasteiger partial charge in [-0.1, -0.05) is 6.92 Å². The molecular weight excluding hydrogens is 154 g/mol. The van der Waals surface area contributed by atoms with Crippen molar-refractivity contribution in [3.05, 3.63) is 11.3 Å². The van der Waals surface area contributed by atoms with E-state index in [1.165, 1.54) is 0 Å². The van der Waals surface area contributed by atoms with Crippen LogP contribution in [0, 0.1) is 6.92 Å². The first-order chi connectivity index (χ1) is 5.69. The van der Waals surface area contributed by atoms with E-state index in [-0.39, 0.29) is 5.95 Å². The minimum atomic E-state index is 0.265. The fourth-order valence-corrected chi connectivity index (χ4v) is 1.17. The van der Waals surface area contributed by atoms with E-state index in [0.29, 0.717) is 5.88 Å². The monoisotopic (exact) mass is 167 g/mol. The zero-order valence-electron chi connectivity index (χ0n) is 7.59. The van der Waals surface area contributed by atoms with E-state index in [9.17, 15) is 0 Å². The summed E-state index contributed by atoms with van der Waals surface area (Å²) in [6, 6.07) is 0. The molecule has 0 aliphatic heterocycles. The fraction of sp³-hybridized carbons (Fsp3) is 0.500. The molecule has 1 aromatic heterocycles. The van der Waals surface area contributed by atoms with Crippen molar-refractivity contribution >= 4 is 5.95 Å². The van der Waals surface area contributed by atoms with Crippen molar-refractivity contribution in [2.24, 2.45) is 0 Å². The lowest BCUT2D eigenvalue weighted by Gasteiger charge is -2.07. The molecule has 0 spiro atoms. The molecule has 2 N–H and O–H groups in total. The van der Waals surface area contributed by atoms with Gasteiger partial charge in [0.25, 0.3) is 0 Å². The molecule has 1 aromatic rings. The number of hydrogen-bond donors (Lipinski definition) is 1. The Morgan fingerprint density at radius 3 is 2.58 bits per heavy atom. The summed E-state index contributed by atoms with van der Waals surface area (Å²) < 4.78 is 5.07. The van der Waals surface area contributed by atoms with Gasteiger partial charge in [-0.15, -0.1) is 0 Å². The molecule has 0 aliphatic carbocycles. The first kappa shape index (κ1) is 8.77. The van der Waals surface area contributed by atoms with Gasteiger partial charge in [-0.3, -0.25) is 0 Å². The zero-order chi connectivity index (χ0) is 9.14. The molecule has 1 rings (SSSR count). The lowest BCUT2D eigenvalue weighted by Crippen LogP contribution is -2.04. The van der Waals surface area contributed by atoms with Gasteiger partial charge in [0.2, 0.25) is 11.8 Å². The number of nitrogens with two attached hydrogens (primary N) is 1. The molecule has 12 heavy (non-hydrogen) atoms. The highest BCUT2D eigenvalue weighted by atomic mass is 16.5.